The number of nitrogens with one attached hydrogen (secondary N) is 2. The molecule has 33 heavy (non-hydrogen) atoms. The first-order chi connectivity index (χ1) is 15.6. The van der Waals surface area contributed by atoms with Crippen molar-refractivity contribution >= 4 is 70.2 Å². The van der Waals surface area contributed by atoms with Gasteiger partial charge in [0.1, 0.15) is 22.7 Å². The van der Waals surface area contributed by atoms with E-state index < -0.39 is 45.2 Å². The number of carboxylic acids is 1. The van der Waals surface area contributed by atoms with Gasteiger partial charge in [0.2, 0.25) is 17.7 Å². The van der Waals surface area contributed by atoms with Crippen molar-refractivity contribution in [3.63, 3.8) is 0 Å². The van der Waals surface area contributed by atoms with Gasteiger partial charge in [0.25, 0.3) is 0 Å². The number of nitrogens with zero attached hydrogens (tertiary/aromatic N) is 3. The number of hydrogen-bond donors (Lipinski definition) is 3. The predicted molar refractivity (Wildman–Crippen MR) is 126 cm³/mol. The molecule has 174 valence electrons. The summed E-state index contributed by atoms with van der Waals surface area (Å²) in [5.41, 5.74) is 0.784. The molecule has 3 aliphatic heterocycles. The molecule has 0 aromatic heterocycles. The van der Waals surface area contributed by atoms with E-state index in [1.54, 1.807) is 38.1 Å². The van der Waals surface area contributed by atoms with Crippen LogP contribution in [0.25, 0.3) is 0 Å². The zero-order valence-electron chi connectivity index (χ0n) is 17.5. The summed E-state index contributed by atoms with van der Waals surface area (Å²) in [7, 11) is 0. The number of fused-ring (bicyclic) bond motifs is 1. The Balaban J connectivity index is 1.31. The van der Waals surface area contributed by atoms with Gasteiger partial charge in [0, 0.05) is 16.2 Å². The number of amidine groups is 1. The number of rotatable bonds is 6. The van der Waals surface area contributed by atoms with Crippen molar-refractivity contribution in [3.05, 3.63) is 34.9 Å². The molecular formula is C20H20ClN5O5S2. The minimum atomic E-state index is -1.07. The molecule has 3 aliphatic rings. The molecule has 0 aliphatic carbocycles. The Bertz CT molecular complexity index is 1080. The first-order valence-corrected chi connectivity index (χ1v) is 12.1. The first kappa shape index (κ1) is 23.6. The Hall–Kier alpha value is -2.57. The summed E-state index contributed by atoms with van der Waals surface area (Å²) in [6.07, 6.45) is 1.36. The lowest BCUT2D eigenvalue weighted by Gasteiger charge is -2.43. The Morgan fingerprint density at radius 2 is 2.00 bits per heavy atom. The Morgan fingerprint density at radius 3 is 2.67 bits per heavy atom. The number of thioether (sulfide) groups is 2. The van der Waals surface area contributed by atoms with E-state index in [9.17, 15) is 24.3 Å². The lowest BCUT2D eigenvalue weighted by molar-refractivity contribution is -0.161. The predicted octanol–water partition coefficient (Wildman–Crippen LogP) is 1.28. The third-order valence-electron chi connectivity index (χ3n) is 5.36. The maximum Gasteiger partial charge on any atom is 0.327 e. The Morgan fingerprint density at radius 1 is 1.30 bits per heavy atom. The van der Waals surface area contributed by atoms with E-state index in [4.69, 9.17) is 11.6 Å². The molecule has 13 heteroatoms. The van der Waals surface area contributed by atoms with E-state index in [2.05, 4.69) is 20.8 Å². The smallest absolute Gasteiger partial charge is 0.327 e. The molecule has 4 atom stereocenters. The molecule has 4 rings (SSSR count). The Labute approximate surface area is 202 Å². The summed E-state index contributed by atoms with van der Waals surface area (Å²) in [6, 6.07) is 5.22. The fourth-order valence-corrected chi connectivity index (χ4v) is 6.50. The number of benzene rings is 1. The molecule has 4 unspecified atom stereocenters. The van der Waals surface area contributed by atoms with E-state index in [-0.39, 0.29) is 17.5 Å². The van der Waals surface area contributed by atoms with Crippen LogP contribution in [-0.4, -0.2) is 72.5 Å². The molecule has 1 aromatic carbocycles. The van der Waals surface area contributed by atoms with Crippen LogP contribution in [0.5, 0.6) is 0 Å². The van der Waals surface area contributed by atoms with E-state index in [0.717, 1.165) is 17.3 Å². The zero-order valence-corrected chi connectivity index (χ0v) is 19.9. The second-order valence-electron chi connectivity index (χ2n) is 8.14. The maximum absolute atomic E-state index is 12.5. The highest BCUT2D eigenvalue weighted by Gasteiger charge is 2.64. The standard InChI is InChI=1S/C20H20ClN5O5S2/c1-20(2)14(18(30)31)26-16(29)13(17(26)33-20)23-12(27)7-11-15(28)24-19(32-11)25-22-8-9-3-5-10(21)6-4-9/h3-6,8,11,13-14,17H,7H2,1-2H3,(H,23,27)(H,30,31)(H,24,25,28). The van der Waals surface area contributed by atoms with Gasteiger partial charge < -0.3 is 20.6 Å². The summed E-state index contributed by atoms with van der Waals surface area (Å²) in [4.78, 5) is 50.1. The zero-order chi connectivity index (χ0) is 23.9. The molecule has 0 saturated carbocycles. The monoisotopic (exact) mass is 509 g/mol. The minimum Gasteiger partial charge on any atom is -0.480 e. The van der Waals surface area contributed by atoms with Gasteiger partial charge >= 0.3 is 5.97 Å². The molecule has 3 saturated heterocycles. The number of carboxylic acid groups (broad SMARTS) is 1. The summed E-state index contributed by atoms with van der Waals surface area (Å²) in [5.74, 6) is -2.35. The van der Waals surface area contributed by atoms with Crippen molar-refractivity contribution < 1.29 is 24.3 Å². The molecule has 3 amide bonds. The van der Waals surface area contributed by atoms with Gasteiger partial charge in [-0.25, -0.2) is 4.79 Å². The van der Waals surface area contributed by atoms with Gasteiger partial charge in [-0.15, -0.1) is 16.9 Å². The van der Waals surface area contributed by atoms with Crippen LogP contribution in [0.15, 0.2) is 34.5 Å². The highest BCUT2D eigenvalue weighted by molar-refractivity contribution is 8.15. The first-order valence-electron chi connectivity index (χ1n) is 9.93. The maximum atomic E-state index is 12.5. The van der Waals surface area contributed by atoms with Crippen LogP contribution in [0.1, 0.15) is 25.8 Å². The molecule has 0 radical (unpaired) electrons. The van der Waals surface area contributed by atoms with E-state index in [1.807, 2.05) is 0 Å². The van der Waals surface area contributed by atoms with Crippen LogP contribution in [0, 0.1) is 0 Å². The molecule has 3 N–H and O–H groups in total. The summed E-state index contributed by atoms with van der Waals surface area (Å²) < 4.78 is -0.676. The normalized spacial score (nSPS) is 29.2. The number of aliphatic carboxylic acids is 1. The number of β-lactam (4-membered cyclic amide) rings is 1. The van der Waals surface area contributed by atoms with Crippen molar-refractivity contribution in [3.8, 4) is 0 Å². The highest BCUT2D eigenvalue weighted by atomic mass is 35.5. The number of amides is 3. The number of carbonyl (C=O) groups is 4. The SMILES string of the molecule is CC1(C)SC2C(NC(=O)CC3SC(=NN=Cc4ccc(Cl)cc4)NC3=O)C(=O)N2C1C(=O)O. The summed E-state index contributed by atoms with van der Waals surface area (Å²) in [5, 5.41) is 22.3. The molecule has 3 fully saturated rings. The van der Waals surface area contributed by atoms with Crippen molar-refractivity contribution in [1.82, 2.24) is 15.5 Å². The summed E-state index contributed by atoms with van der Waals surface area (Å²) in [6.45, 7) is 3.52. The average Bonchev–Trinajstić information content (AvgIpc) is 3.21. The molecule has 3 heterocycles. The van der Waals surface area contributed by atoms with E-state index in [1.165, 1.54) is 22.9 Å². The van der Waals surface area contributed by atoms with Crippen molar-refractivity contribution in [2.24, 2.45) is 10.2 Å². The number of hydrogen-bond acceptors (Lipinski definition) is 8. The quantitative estimate of drug-likeness (QED) is 0.298. The lowest BCUT2D eigenvalue weighted by atomic mass is 9.96. The minimum absolute atomic E-state index is 0.149. The van der Waals surface area contributed by atoms with Gasteiger partial charge in [0.05, 0.1) is 6.21 Å². The van der Waals surface area contributed by atoms with Crippen LogP contribution in [0.3, 0.4) is 0 Å². The molecule has 0 bridgehead atoms. The van der Waals surface area contributed by atoms with Gasteiger partial charge in [0.15, 0.2) is 5.17 Å². The fourth-order valence-electron chi connectivity index (χ4n) is 3.83. The number of carbonyl (C=O) groups excluding carboxylic acids is 3. The molecule has 0 spiro atoms. The fraction of sp³-hybridized carbons (Fsp3) is 0.400. The van der Waals surface area contributed by atoms with Crippen LogP contribution in [0.4, 0.5) is 0 Å². The Kier molecular flexibility index (Phi) is 6.43. The van der Waals surface area contributed by atoms with E-state index >= 15 is 0 Å². The lowest BCUT2D eigenvalue weighted by Crippen LogP contribution is -2.70. The van der Waals surface area contributed by atoms with Crippen molar-refractivity contribution in [2.75, 3.05) is 0 Å². The molecule has 10 nitrogen and oxygen atoms in total. The van der Waals surface area contributed by atoms with Gasteiger partial charge in [-0.3, -0.25) is 14.4 Å². The second-order valence-corrected chi connectivity index (χ2v) is 11.5. The topological polar surface area (TPSA) is 141 Å². The third-order valence-corrected chi connectivity index (χ3v) is 8.26. The highest BCUT2D eigenvalue weighted by Crippen LogP contribution is 2.50. The van der Waals surface area contributed by atoms with Crippen LogP contribution in [-0.2, 0) is 19.2 Å². The van der Waals surface area contributed by atoms with Crippen LogP contribution < -0.4 is 10.6 Å². The molecular weight excluding hydrogens is 490 g/mol. The van der Waals surface area contributed by atoms with Gasteiger partial charge in [-0.1, -0.05) is 35.5 Å². The number of halogens is 1. The summed E-state index contributed by atoms with van der Waals surface area (Å²) >= 11 is 8.25. The van der Waals surface area contributed by atoms with Crippen molar-refractivity contribution in [1.29, 1.82) is 0 Å². The molecule has 1 aromatic rings. The van der Waals surface area contributed by atoms with E-state index in [0.29, 0.717) is 5.02 Å². The van der Waals surface area contributed by atoms with Crippen LogP contribution in [0.2, 0.25) is 5.02 Å². The van der Waals surface area contributed by atoms with Crippen LogP contribution >= 0.6 is 35.1 Å². The largest absolute Gasteiger partial charge is 0.480 e. The van der Waals surface area contributed by atoms with Gasteiger partial charge in [-0.2, -0.15) is 5.10 Å². The van der Waals surface area contributed by atoms with Crippen molar-refractivity contribution in [2.45, 2.75) is 47.7 Å². The van der Waals surface area contributed by atoms with Gasteiger partial charge in [-0.05, 0) is 31.5 Å². The second kappa shape index (κ2) is 8.99. The third kappa shape index (κ3) is 4.73. The average molecular weight is 510 g/mol.